The summed E-state index contributed by atoms with van der Waals surface area (Å²) in [5.74, 6) is 0.526. The third-order valence-electron chi connectivity index (χ3n) is 8.75. The lowest BCUT2D eigenvalue weighted by Crippen LogP contribution is -2.41. The molecule has 7 rings (SSSR count). The first-order valence-electron chi connectivity index (χ1n) is 13.4. The number of benzene rings is 4. The van der Waals surface area contributed by atoms with Gasteiger partial charge < -0.3 is 13.9 Å². The van der Waals surface area contributed by atoms with Crippen LogP contribution in [0.4, 0.5) is 0 Å². The molecule has 2 aliphatic rings. The van der Waals surface area contributed by atoms with E-state index >= 15 is 0 Å². The molecule has 4 aromatic carbocycles. The van der Waals surface area contributed by atoms with Crippen molar-refractivity contribution in [2.75, 3.05) is 0 Å². The fourth-order valence-corrected chi connectivity index (χ4v) is 6.06. The standard InChI is InChI=1S/C33H32BNO2/c1-21-13-14-23-16-18-29-31(27(23)19-21)30-26-12-7-6-9-22(26)15-17-28(30)35(29)25-11-8-10-24(20-25)34-36-32(2,3)33(4,5)37-34/h6-18,20-21H,19H2,1-5H3. The van der Waals surface area contributed by atoms with Crippen molar-refractivity contribution in [2.24, 2.45) is 5.92 Å². The average molecular weight is 485 g/mol. The summed E-state index contributed by atoms with van der Waals surface area (Å²) in [6.07, 6.45) is 5.69. The molecule has 0 radical (unpaired) electrons. The van der Waals surface area contributed by atoms with Crippen molar-refractivity contribution in [1.29, 1.82) is 0 Å². The summed E-state index contributed by atoms with van der Waals surface area (Å²) in [5, 5.41) is 5.30. The summed E-state index contributed by atoms with van der Waals surface area (Å²) in [6.45, 7) is 10.7. The van der Waals surface area contributed by atoms with E-state index < -0.39 is 7.12 Å². The predicted molar refractivity (Wildman–Crippen MR) is 156 cm³/mol. The van der Waals surface area contributed by atoms with E-state index in [0.717, 1.165) is 17.6 Å². The van der Waals surface area contributed by atoms with Crippen molar-refractivity contribution in [1.82, 2.24) is 4.57 Å². The van der Waals surface area contributed by atoms with Crippen LogP contribution < -0.4 is 5.46 Å². The van der Waals surface area contributed by atoms with Gasteiger partial charge in [0.15, 0.2) is 0 Å². The Kier molecular flexibility index (Phi) is 4.83. The van der Waals surface area contributed by atoms with Gasteiger partial charge >= 0.3 is 7.12 Å². The number of fused-ring (bicyclic) bond motifs is 7. The lowest BCUT2D eigenvalue weighted by atomic mass is 9.79. The van der Waals surface area contributed by atoms with Crippen molar-refractivity contribution in [3.63, 3.8) is 0 Å². The molecule has 1 aliphatic carbocycles. The lowest BCUT2D eigenvalue weighted by Gasteiger charge is -2.32. The molecule has 0 saturated carbocycles. The molecular formula is C33H32BNO2. The Hall–Kier alpha value is -3.34. The van der Waals surface area contributed by atoms with Crippen molar-refractivity contribution in [2.45, 2.75) is 52.2 Å². The van der Waals surface area contributed by atoms with Crippen molar-refractivity contribution in [3.05, 3.63) is 90.0 Å². The maximum absolute atomic E-state index is 6.40. The molecule has 1 aliphatic heterocycles. The maximum atomic E-state index is 6.40. The van der Waals surface area contributed by atoms with Crippen molar-refractivity contribution >= 4 is 51.2 Å². The molecule has 2 heterocycles. The number of rotatable bonds is 2. The Labute approximate surface area is 218 Å². The lowest BCUT2D eigenvalue weighted by molar-refractivity contribution is 0.00578. The van der Waals surface area contributed by atoms with Crippen LogP contribution in [-0.2, 0) is 15.7 Å². The predicted octanol–water partition coefficient (Wildman–Crippen LogP) is 7.44. The monoisotopic (exact) mass is 485 g/mol. The highest BCUT2D eigenvalue weighted by molar-refractivity contribution is 6.62. The SMILES string of the molecule is CC1C=Cc2ccc3c(c2C1)c1c2ccccc2ccc1n3-c1cccc(B2OC(C)(C)C(C)(C)O2)c1. The fourth-order valence-electron chi connectivity index (χ4n) is 6.06. The molecule has 1 saturated heterocycles. The summed E-state index contributed by atoms with van der Waals surface area (Å²) >= 11 is 0. The molecule has 4 heteroatoms. The van der Waals surface area contributed by atoms with Gasteiger partial charge in [-0.25, -0.2) is 0 Å². The second-order valence-electron chi connectivity index (χ2n) is 11.8. The van der Waals surface area contributed by atoms with E-state index in [0.29, 0.717) is 5.92 Å². The smallest absolute Gasteiger partial charge is 0.399 e. The van der Waals surface area contributed by atoms with E-state index in [-0.39, 0.29) is 11.2 Å². The summed E-state index contributed by atoms with van der Waals surface area (Å²) < 4.78 is 15.2. The molecular weight excluding hydrogens is 453 g/mol. The van der Waals surface area contributed by atoms with Gasteiger partial charge in [-0.05, 0) is 91.7 Å². The van der Waals surface area contributed by atoms with Gasteiger partial charge in [0.25, 0.3) is 0 Å². The molecule has 0 spiro atoms. The normalized spacial score (nSPS) is 20.2. The molecule has 1 unspecified atom stereocenters. The Bertz CT molecular complexity index is 1730. The largest absolute Gasteiger partial charge is 0.494 e. The van der Waals surface area contributed by atoms with Crippen molar-refractivity contribution < 1.29 is 9.31 Å². The van der Waals surface area contributed by atoms with Gasteiger partial charge in [0.05, 0.1) is 22.2 Å². The van der Waals surface area contributed by atoms with Crippen LogP contribution in [0, 0.1) is 5.92 Å². The van der Waals surface area contributed by atoms with Crippen LogP contribution in [0.25, 0.3) is 44.3 Å². The highest BCUT2D eigenvalue weighted by Crippen LogP contribution is 2.42. The van der Waals surface area contributed by atoms with Gasteiger partial charge in [0, 0.05) is 16.5 Å². The quantitative estimate of drug-likeness (QED) is 0.243. The molecule has 5 aromatic rings. The first kappa shape index (κ1) is 22.8. The highest BCUT2D eigenvalue weighted by Gasteiger charge is 2.51. The molecule has 1 fully saturated rings. The van der Waals surface area contributed by atoms with Gasteiger partial charge in [-0.2, -0.15) is 0 Å². The topological polar surface area (TPSA) is 23.4 Å². The van der Waals surface area contributed by atoms with E-state index in [9.17, 15) is 0 Å². The average Bonchev–Trinajstić information content (AvgIpc) is 3.34. The third-order valence-corrected chi connectivity index (χ3v) is 8.75. The number of allylic oxidation sites excluding steroid dienone is 1. The summed E-state index contributed by atoms with van der Waals surface area (Å²) in [5.41, 5.74) is 6.70. The Balaban J connectivity index is 1.51. The number of aromatic nitrogens is 1. The van der Waals surface area contributed by atoms with Gasteiger partial charge in [0.2, 0.25) is 0 Å². The zero-order chi connectivity index (χ0) is 25.5. The van der Waals surface area contributed by atoms with Crippen molar-refractivity contribution in [3.8, 4) is 5.69 Å². The molecule has 0 amide bonds. The maximum Gasteiger partial charge on any atom is 0.494 e. The van der Waals surface area contributed by atoms with Gasteiger partial charge in [-0.1, -0.05) is 67.6 Å². The first-order chi connectivity index (χ1) is 17.7. The highest BCUT2D eigenvalue weighted by atomic mass is 16.7. The van der Waals surface area contributed by atoms with E-state index in [1.54, 1.807) is 0 Å². The minimum Gasteiger partial charge on any atom is -0.399 e. The van der Waals surface area contributed by atoms with Crippen LogP contribution >= 0.6 is 0 Å². The zero-order valence-corrected chi connectivity index (χ0v) is 22.2. The van der Waals surface area contributed by atoms with Gasteiger partial charge in [-0.15, -0.1) is 0 Å². The number of hydrogen-bond donors (Lipinski definition) is 0. The minimum absolute atomic E-state index is 0.372. The first-order valence-corrected chi connectivity index (χ1v) is 13.4. The van der Waals surface area contributed by atoms with Crippen LogP contribution in [0.1, 0.15) is 45.7 Å². The Morgan fingerprint density at radius 1 is 0.811 bits per heavy atom. The van der Waals surface area contributed by atoms with E-state index in [2.05, 4.69) is 124 Å². The van der Waals surface area contributed by atoms with Crippen LogP contribution in [0.3, 0.4) is 0 Å². The number of hydrogen-bond acceptors (Lipinski definition) is 2. The van der Waals surface area contributed by atoms with E-state index in [1.165, 1.54) is 43.7 Å². The van der Waals surface area contributed by atoms with Crippen LogP contribution in [-0.4, -0.2) is 22.9 Å². The van der Waals surface area contributed by atoms with Crippen LogP contribution in [0.15, 0.2) is 78.9 Å². The Morgan fingerprint density at radius 3 is 2.35 bits per heavy atom. The molecule has 184 valence electrons. The van der Waals surface area contributed by atoms with E-state index in [1.807, 2.05) is 0 Å². The zero-order valence-electron chi connectivity index (χ0n) is 22.2. The van der Waals surface area contributed by atoms with Crippen LogP contribution in [0.2, 0.25) is 0 Å². The van der Waals surface area contributed by atoms with Gasteiger partial charge in [-0.3, -0.25) is 0 Å². The summed E-state index contributed by atoms with van der Waals surface area (Å²) in [6, 6.07) is 26.6. The summed E-state index contributed by atoms with van der Waals surface area (Å²) in [4.78, 5) is 0. The number of nitrogens with zero attached hydrogens (tertiary/aromatic N) is 1. The molecule has 0 bridgehead atoms. The molecule has 37 heavy (non-hydrogen) atoms. The third kappa shape index (κ3) is 3.36. The van der Waals surface area contributed by atoms with Crippen LogP contribution in [0.5, 0.6) is 0 Å². The van der Waals surface area contributed by atoms with E-state index in [4.69, 9.17) is 9.31 Å². The Morgan fingerprint density at radius 2 is 1.54 bits per heavy atom. The molecule has 3 nitrogen and oxygen atoms in total. The summed E-state index contributed by atoms with van der Waals surface area (Å²) in [7, 11) is -0.391. The fraction of sp³-hybridized carbons (Fsp3) is 0.273. The molecule has 1 atom stereocenters. The second kappa shape index (κ2) is 7.83. The van der Waals surface area contributed by atoms with Gasteiger partial charge in [0.1, 0.15) is 0 Å². The molecule has 0 N–H and O–H groups in total. The second-order valence-corrected chi connectivity index (χ2v) is 11.8. The molecule has 1 aromatic heterocycles. The minimum atomic E-state index is -0.391.